The molecule has 0 N–H and O–H groups in total. The molecule has 0 unspecified atom stereocenters. The predicted molar refractivity (Wildman–Crippen MR) is 68.1 cm³/mol. The normalized spacial score (nSPS) is 10.8. The number of hydrogen-bond donors (Lipinski definition) is 0. The van der Waals surface area contributed by atoms with E-state index in [4.69, 9.17) is 10.00 Å². The first-order valence-corrected chi connectivity index (χ1v) is 5.78. The number of nitriles is 1. The number of hydrogen-bond acceptors (Lipinski definition) is 3. The van der Waals surface area contributed by atoms with E-state index in [-0.39, 0.29) is 17.8 Å². The summed E-state index contributed by atoms with van der Waals surface area (Å²) in [6.07, 6.45) is -4.51. The molecule has 2 aromatic rings. The number of benzene rings is 2. The zero-order chi connectivity index (χ0) is 15.5. The van der Waals surface area contributed by atoms with Crippen molar-refractivity contribution in [2.45, 2.75) is 6.18 Å². The van der Waals surface area contributed by atoms with Crippen molar-refractivity contribution >= 4 is 6.29 Å². The van der Waals surface area contributed by atoms with Crippen LogP contribution in [0.4, 0.5) is 13.2 Å². The number of halogens is 3. The second-order valence-electron chi connectivity index (χ2n) is 4.11. The van der Waals surface area contributed by atoms with Crippen LogP contribution >= 0.6 is 0 Å². The summed E-state index contributed by atoms with van der Waals surface area (Å²) in [5, 5.41) is 8.75. The van der Waals surface area contributed by atoms with Crippen molar-refractivity contribution in [2.24, 2.45) is 0 Å². The summed E-state index contributed by atoms with van der Waals surface area (Å²) >= 11 is 0. The Bertz CT molecular complexity index is 718. The average molecular weight is 291 g/mol. The van der Waals surface area contributed by atoms with Gasteiger partial charge in [-0.25, -0.2) is 0 Å². The molecule has 0 aromatic heterocycles. The lowest BCUT2D eigenvalue weighted by molar-refractivity contribution is -0.137. The summed E-state index contributed by atoms with van der Waals surface area (Å²) in [5.74, 6) is 0.170. The van der Waals surface area contributed by atoms with E-state index < -0.39 is 17.3 Å². The van der Waals surface area contributed by atoms with Gasteiger partial charge in [0.25, 0.3) is 0 Å². The van der Waals surface area contributed by atoms with Gasteiger partial charge in [0.15, 0.2) is 6.29 Å². The van der Waals surface area contributed by atoms with Gasteiger partial charge in [0.2, 0.25) is 0 Å². The van der Waals surface area contributed by atoms with Crippen molar-refractivity contribution in [1.82, 2.24) is 0 Å². The summed E-state index contributed by atoms with van der Waals surface area (Å²) in [5.41, 5.74) is -1.19. The van der Waals surface area contributed by atoms with E-state index in [1.165, 1.54) is 18.2 Å². The third-order valence-corrected chi connectivity index (χ3v) is 2.66. The fraction of sp³-hybridized carbons (Fsp3) is 0.0667. The van der Waals surface area contributed by atoms with E-state index in [1.807, 2.05) is 6.07 Å². The lowest BCUT2D eigenvalue weighted by atomic mass is 10.1. The van der Waals surface area contributed by atoms with Crippen LogP contribution in [0.25, 0.3) is 0 Å². The monoisotopic (exact) mass is 291 g/mol. The van der Waals surface area contributed by atoms with Crippen molar-refractivity contribution in [2.75, 3.05) is 0 Å². The summed E-state index contributed by atoms with van der Waals surface area (Å²) in [6.45, 7) is 0. The maximum atomic E-state index is 12.8. The molecule has 0 aliphatic rings. The molecule has 0 aliphatic heterocycles. The minimum atomic E-state index is -4.65. The molecule has 0 fully saturated rings. The SMILES string of the molecule is N#Cc1cccc(Oc2ccc(C=O)c(C(F)(F)F)c2)c1. The van der Waals surface area contributed by atoms with Crippen LogP contribution in [-0.2, 0) is 6.18 Å². The number of carbonyl (C=O) groups is 1. The Balaban J connectivity index is 2.37. The highest BCUT2D eigenvalue weighted by atomic mass is 19.4. The molecule has 0 saturated heterocycles. The zero-order valence-corrected chi connectivity index (χ0v) is 10.5. The number of aldehydes is 1. The van der Waals surface area contributed by atoms with Crippen molar-refractivity contribution in [1.29, 1.82) is 5.26 Å². The van der Waals surface area contributed by atoms with Gasteiger partial charge in [0.1, 0.15) is 11.5 Å². The van der Waals surface area contributed by atoms with Crippen molar-refractivity contribution in [3.63, 3.8) is 0 Å². The Morgan fingerprint density at radius 2 is 1.81 bits per heavy atom. The maximum absolute atomic E-state index is 12.8. The average Bonchev–Trinajstić information content (AvgIpc) is 2.46. The number of ether oxygens (including phenoxy) is 1. The molecule has 0 atom stereocenters. The van der Waals surface area contributed by atoms with E-state index in [9.17, 15) is 18.0 Å². The molecular weight excluding hydrogens is 283 g/mol. The van der Waals surface area contributed by atoms with Gasteiger partial charge in [-0.05, 0) is 36.4 Å². The number of nitrogens with zero attached hydrogens (tertiary/aromatic N) is 1. The molecule has 0 amide bonds. The molecule has 0 heterocycles. The van der Waals surface area contributed by atoms with Crippen LogP contribution in [0, 0.1) is 11.3 Å². The molecule has 0 bridgehead atoms. The van der Waals surface area contributed by atoms with E-state index in [0.717, 1.165) is 12.1 Å². The number of alkyl halides is 3. The lowest BCUT2D eigenvalue weighted by Crippen LogP contribution is -2.09. The van der Waals surface area contributed by atoms with Gasteiger partial charge in [-0.3, -0.25) is 4.79 Å². The van der Waals surface area contributed by atoms with Gasteiger partial charge in [-0.1, -0.05) is 6.07 Å². The van der Waals surface area contributed by atoms with E-state index in [1.54, 1.807) is 12.1 Å². The molecule has 2 rings (SSSR count). The Hall–Kier alpha value is -2.81. The van der Waals surface area contributed by atoms with Crippen LogP contribution in [0.5, 0.6) is 11.5 Å². The molecule has 0 spiro atoms. The maximum Gasteiger partial charge on any atom is 0.417 e. The van der Waals surface area contributed by atoms with Crippen molar-refractivity contribution in [3.05, 3.63) is 59.2 Å². The van der Waals surface area contributed by atoms with Gasteiger partial charge < -0.3 is 4.74 Å². The third kappa shape index (κ3) is 3.39. The second-order valence-corrected chi connectivity index (χ2v) is 4.11. The van der Waals surface area contributed by atoms with E-state index in [0.29, 0.717) is 5.56 Å². The molecular formula is C15H8F3NO2. The lowest BCUT2D eigenvalue weighted by Gasteiger charge is -2.12. The molecule has 0 radical (unpaired) electrons. The predicted octanol–water partition coefficient (Wildman–Crippen LogP) is 4.18. The molecule has 0 aliphatic carbocycles. The smallest absolute Gasteiger partial charge is 0.417 e. The Kier molecular flexibility index (Phi) is 3.94. The number of carbonyl (C=O) groups excluding carboxylic acids is 1. The molecule has 106 valence electrons. The summed E-state index contributed by atoms with van der Waals surface area (Å²) in [6, 6.07) is 11.0. The third-order valence-electron chi connectivity index (χ3n) is 2.66. The van der Waals surface area contributed by atoms with Crippen LogP contribution in [0.2, 0.25) is 0 Å². The molecule has 0 saturated carbocycles. The standard InChI is InChI=1S/C15H8F3NO2/c16-15(17,18)14-7-13(5-4-11(14)9-20)21-12-3-1-2-10(6-12)8-19/h1-7,9H. The summed E-state index contributed by atoms with van der Waals surface area (Å²) in [7, 11) is 0. The number of rotatable bonds is 3. The molecule has 6 heteroatoms. The van der Waals surface area contributed by atoms with Gasteiger partial charge in [-0.2, -0.15) is 18.4 Å². The Morgan fingerprint density at radius 1 is 1.10 bits per heavy atom. The van der Waals surface area contributed by atoms with Crippen molar-refractivity contribution in [3.8, 4) is 17.6 Å². The van der Waals surface area contributed by atoms with Crippen LogP contribution in [-0.4, -0.2) is 6.29 Å². The molecule has 3 nitrogen and oxygen atoms in total. The largest absolute Gasteiger partial charge is 0.457 e. The summed E-state index contributed by atoms with van der Waals surface area (Å²) < 4.78 is 43.7. The zero-order valence-electron chi connectivity index (χ0n) is 10.5. The van der Waals surface area contributed by atoms with Crippen LogP contribution in [0.3, 0.4) is 0 Å². The Morgan fingerprint density at radius 3 is 2.43 bits per heavy atom. The Labute approximate surface area is 118 Å². The highest BCUT2D eigenvalue weighted by Crippen LogP contribution is 2.35. The van der Waals surface area contributed by atoms with E-state index in [2.05, 4.69) is 0 Å². The second kappa shape index (κ2) is 5.67. The van der Waals surface area contributed by atoms with Gasteiger partial charge in [-0.15, -0.1) is 0 Å². The minimum Gasteiger partial charge on any atom is -0.457 e. The fourth-order valence-electron chi connectivity index (χ4n) is 1.71. The van der Waals surface area contributed by atoms with Crippen LogP contribution < -0.4 is 4.74 Å². The van der Waals surface area contributed by atoms with E-state index >= 15 is 0 Å². The topological polar surface area (TPSA) is 50.1 Å². The highest BCUT2D eigenvalue weighted by molar-refractivity contribution is 5.78. The molecule has 2 aromatic carbocycles. The van der Waals surface area contributed by atoms with Gasteiger partial charge >= 0.3 is 6.18 Å². The highest BCUT2D eigenvalue weighted by Gasteiger charge is 2.33. The first kappa shape index (κ1) is 14.6. The summed E-state index contributed by atoms with van der Waals surface area (Å²) in [4.78, 5) is 10.7. The van der Waals surface area contributed by atoms with Crippen LogP contribution in [0.15, 0.2) is 42.5 Å². The van der Waals surface area contributed by atoms with Gasteiger partial charge in [0.05, 0.1) is 17.2 Å². The first-order valence-electron chi connectivity index (χ1n) is 5.78. The minimum absolute atomic E-state index is 0.0667. The van der Waals surface area contributed by atoms with Crippen molar-refractivity contribution < 1.29 is 22.7 Å². The molecule has 21 heavy (non-hydrogen) atoms. The van der Waals surface area contributed by atoms with Crippen LogP contribution in [0.1, 0.15) is 21.5 Å². The fourth-order valence-corrected chi connectivity index (χ4v) is 1.71. The first-order chi connectivity index (χ1) is 9.94. The van der Waals surface area contributed by atoms with Gasteiger partial charge in [0, 0.05) is 5.56 Å². The quantitative estimate of drug-likeness (QED) is 0.797.